The van der Waals surface area contributed by atoms with E-state index < -0.39 is 17.8 Å². The molecule has 3 heterocycles. The van der Waals surface area contributed by atoms with Crippen LogP contribution in [0.3, 0.4) is 0 Å². The zero-order valence-corrected chi connectivity index (χ0v) is 15.7. The summed E-state index contributed by atoms with van der Waals surface area (Å²) in [4.78, 5) is 15.1. The maximum absolute atomic E-state index is 13.0. The number of rotatable bonds is 4. The molecule has 156 valence electrons. The van der Waals surface area contributed by atoms with Crippen LogP contribution in [0, 0.1) is 11.3 Å². The molecule has 0 unspecified atom stereocenters. The van der Waals surface area contributed by atoms with Gasteiger partial charge in [-0.1, -0.05) is 6.07 Å². The molecule has 0 saturated heterocycles. The fraction of sp³-hybridized carbons (Fsp3) is 0.368. The van der Waals surface area contributed by atoms with Gasteiger partial charge in [-0.05, 0) is 37.8 Å². The van der Waals surface area contributed by atoms with Crippen LogP contribution in [0.2, 0.25) is 0 Å². The number of nitrogens with zero attached hydrogens (tertiary/aromatic N) is 5. The van der Waals surface area contributed by atoms with Gasteiger partial charge in [0.2, 0.25) is 0 Å². The Hall–Kier alpha value is -3.55. The van der Waals surface area contributed by atoms with Crippen LogP contribution in [0.4, 0.5) is 19.0 Å². The van der Waals surface area contributed by atoms with Crippen molar-refractivity contribution in [2.24, 2.45) is 5.73 Å². The zero-order chi connectivity index (χ0) is 21.5. The van der Waals surface area contributed by atoms with Crippen LogP contribution in [0.1, 0.15) is 53.5 Å². The number of nitrogens with two attached hydrogens (primary N) is 1. The fourth-order valence-electron chi connectivity index (χ4n) is 3.87. The number of carbonyl (C=O) groups is 1. The summed E-state index contributed by atoms with van der Waals surface area (Å²) in [5, 5.41) is 16.8. The Bertz CT molecular complexity index is 1130. The van der Waals surface area contributed by atoms with E-state index in [1.807, 2.05) is 6.07 Å². The molecule has 1 fully saturated rings. The second-order valence-corrected chi connectivity index (χ2v) is 7.24. The first-order chi connectivity index (χ1) is 14.3. The predicted molar refractivity (Wildman–Crippen MR) is 101 cm³/mol. The monoisotopic (exact) mass is 417 g/mol. The molecule has 3 N–H and O–H groups in total. The molecule has 4 rings (SSSR count). The number of aromatic nitrogens is 4. The maximum Gasteiger partial charge on any atom is 0.434 e. The Labute approximate surface area is 169 Å². The van der Waals surface area contributed by atoms with Gasteiger partial charge in [0.25, 0.3) is 5.91 Å². The third-order valence-electron chi connectivity index (χ3n) is 5.34. The largest absolute Gasteiger partial charge is 0.434 e. The van der Waals surface area contributed by atoms with Crippen LogP contribution in [0.5, 0.6) is 0 Å². The third-order valence-corrected chi connectivity index (χ3v) is 5.34. The third kappa shape index (κ3) is 3.56. The summed E-state index contributed by atoms with van der Waals surface area (Å²) in [6.45, 7) is 0. The summed E-state index contributed by atoms with van der Waals surface area (Å²) in [5.41, 5.74) is 4.82. The molecule has 0 aromatic carbocycles. The summed E-state index contributed by atoms with van der Waals surface area (Å²) < 4.78 is 41.9. The second kappa shape index (κ2) is 7.37. The van der Waals surface area contributed by atoms with E-state index in [4.69, 9.17) is 5.73 Å². The standard InChI is InChI=1S/C19H18F3N7O/c20-19(21,22)15-10-28-16(2-1-3-17(28)27-15)26-11-4-6-12(7-5-11)29-14(8-23)13(9-25-29)18(24)30/h1-3,9-12,26H,4-7H2,(H2,24,30). The SMILES string of the molecule is N#Cc1c(C(N)=O)cnn1C1CCC(Nc2cccc3nc(C(F)(F)F)cn23)CC1. The number of nitrogens with one attached hydrogen (secondary N) is 1. The molecule has 1 amide bonds. The maximum atomic E-state index is 13.0. The topological polar surface area (TPSA) is 114 Å². The van der Waals surface area contributed by atoms with Crippen LogP contribution in [-0.2, 0) is 6.18 Å². The number of nitriles is 1. The molecule has 0 atom stereocenters. The predicted octanol–water partition coefficient (Wildman–Crippen LogP) is 3.12. The van der Waals surface area contributed by atoms with E-state index in [1.165, 1.54) is 16.7 Å². The molecule has 1 aliphatic rings. The van der Waals surface area contributed by atoms with Crippen LogP contribution in [0.25, 0.3) is 5.65 Å². The highest BCUT2D eigenvalue weighted by atomic mass is 19.4. The van der Waals surface area contributed by atoms with Crippen molar-refractivity contribution >= 4 is 17.4 Å². The van der Waals surface area contributed by atoms with Crippen molar-refractivity contribution < 1.29 is 18.0 Å². The first-order valence-corrected chi connectivity index (χ1v) is 9.37. The van der Waals surface area contributed by atoms with Crippen molar-refractivity contribution in [1.29, 1.82) is 5.26 Å². The van der Waals surface area contributed by atoms with E-state index in [0.29, 0.717) is 18.7 Å². The van der Waals surface area contributed by atoms with Crippen molar-refractivity contribution in [2.75, 3.05) is 5.32 Å². The number of carbonyl (C=O) groups excluding carboxylic acids is 1. The molecular weight excluding hydrogens is 399 g/mol. The number of imidazole rings is 1. The number of pyridine rings is 1. The molecule has 11 heteroatoms. The number of anilines is 1. The first-order valence-electron chi connectivity index (χ1n) is 9.37. The molecule has 0 bridgehead atoms. The number of hydrogen-bond donors (Lipinski definition) is 2. The minimum atomic E-state index is -4.51. The van der Waals surface area contributed by atoms with Crippen LogP contribution < -0.4 is 11.1 Å². The molecule has 8 nitrogen and oxygen atoms in total. The van der Waals surface area contributed by atoms with Crippen molar-refractivity contribution in [3.8, 4) is 6.07 Å². The number of alkyl halides is 3. The minimum Gasteiger partial charge on any atom is -0.368 e. The van der Waals surface area contributed by atoms with Crippen LogP contribution >= 0.6 is 0 Å². The highest BCUT2D eigenvalue weighted by Crippen LogP contribution is 2.32. The van der Waals surface area contributed by atoms with Gasteiger partial charge in [0, 0.05) is 12.2 Å². The Balaban J connectivity index is 1.48. The summed E-state index contributed by atoms with van der Waals surface area (Å²) >= 11 is 0. The number of fused-ring (bicyclic) bond motifs is 1. The van der Waals surface area contributed by atoms with Crippen molar-refractivity contribution in [3.05, 3.63) is 47.5 Å². The van der Waals surface area contributed by atoms with Crippen molar-refractivity contribution in [2.45, 2.75) is 43.9 Å². The summed E-state index contributed by atoms with van der Waals surface area (Å²) in [6, 6.07) is 6.87. The Morgan fingerprint density at radius 3 is 2.63 bits per heavy atom. The average molecular weight is 417 g/mol. The Morgan fingerprint density at radius 1 is 1.27 bits per heavy atom. The van der Waals surface area contributed by atoms with E-state index in [9.17, 15) is 23.2 Å². The van der Waals surface area contributed by atoms with Gasteiger partial charge in [0.1, 0.15) is 17.5 Å². The van der Waals surface area contributed by atoms with Crippen LogP contribution in [0.15, 0.2) is 30.6 Å². The van der Waals surface area contributed by atoms with Crippen molar-refractivity contribution in [3.63, 3.8) is 0 Å². The zero-order valence-electron chi connectivity index (χ0n) is 15.7. The van der Waals surface area contributed by atoms with E-state index in [1.54, 1.807) is 16.8 Å². The summed E-state index contributed by atoms with van der Waals surface area (Å²) in [7, 11) is 0. The highest BCUT2D eigenvalue weighted by molar-refractivity contribution is 5.94. The number of amides is 1. The van der Waals surface area contributed by atoms with Gasteiger partial charge in [0.15, 0.2) is 11.4 Å². The van der Waals surface area contributed by atoms with Gasteiger partial charge in [0.05, 0.1) is 17.8 Å². The van der Waals surface area contributed by atoms with Gasteiger partial charge >= 0.3 is 6.18 Å². The molecule has 3 aromatic heterocycles. The number of halogens is 3. The smallest absolute Gasteiger partial charge is 0.368 e. The minimum absolute atomic E-state index is 0.0419. The normalized spacial score (nSPS) is 19.5. The molecule has 1 aliphatic carbocycles. The van der Waals surface area contributed by atoms with Gasteiger partial charge in [-0.15, -0.1) is 0 Å². The van der Waals surface area contributed by atoms with Crippen LogP contribution in [-0.4, -0.2) is 31.1 Å². The number of hydrogen-bond acceptors (Lipinski definition) is 5. The molecule has 1 saturated carbocycles. The molecule has 30 heavy (non-hydrogen) atoms. The van der Waals surface area contributed by atoms with Gasteiger partial charge < -0.3 is 11.1 Å². The lowest BCUT2D eigenvalue weighted by Crippen LogP contribution is -2.29. The molecule has 0 spiro atoms. The summed E-state index contributed by atoms with van der Waals surface area (Å²) in [6.07, 6.45) is 0.616. The van der Waals surface area contributed by atoms with E-state index >= 15 is 0 Å². The van der Waals surface area contributed by atoms with Gasteiger partial charge in [-0.3, -0.25) is 13.9 Å². The Kier molecular flexibility index (Phi) is 4.85. The lowest BCUT2D eigenvalue weighted by Gasteiger charge is -2.30. The summed E-state index contributed by atoms with van der Waals surface area (Å²) in [5.74, 6) is -0.161. The van der Waals surface area contributed by atoms with E-state index in [0.717, 1.165) is 19.0 Å². The molecular formula is C19H18F3N7O. The second-order valence-electron chi connectivity index (χ2n) is 7.24. The Morgan fingerprint density at radius 2 is 2.00 bits per heavy atom. The van der Waals surface area contributed by atoms with Gasteiger partial charge in [-0.2, -0.15) is 23.5 Å². The average Bonchev–Trinajstić information content (AvgIpc) is 3.33. The molecule has 0 aliphatic heterocycles. The number of primary amides is 1. The fourth-order valence-corrected chi connectivity index (χ4v) is 3.87. The van der Waals surface area contributed by atoms with Crippen molar-refractivity contribution in [1.82, 2.24) is 19.2 Å². The van der Waals surface area contributed by atoms with Gasteiger partial charge in [-0.25, -0.2) is 4.98 Å². The molecule has 3 aromatic rings. The first kappa shape index (κ1) is 19.8. The highest BCUT2D eigenvalue weighted by Gasteiger charge is 2.34. The van der Waals surface area contributed by atoms with E-state index in [-0.39, 0.29) is 29.0 Å². The molecule has 0 radical (unpaired) electrons. The lowest BCUT2D eigenvalue weighted by molar-refractivity contribution is -0.140. The lowest BCUT2D eigenvalue weighted by atomic mass is 9.91. The van der Waals surface area contributed by atoms with E-state index in [2.05, 4.69) is 15.4 Å². The quantitative estimate of drug-likeness (QED) is 0.677.